The predicted molar refractivity (Wildman–Crippen MR) is 99.1 cm³/mol. The zero-order chi connectivity index (χ0) is 18.9. The number of nitrogens with zero attached hydrogens (tertiary/aromatic N) is 3. The van der Waals surface area contributed by atoms with Gasteiger partial charge in [0.15, 0.2) is 0 Å². The second-order valence-corrected chi connectivity index (χ2v) is 8.75. The van der Waals surface area contributed by atoms with Crippen LogP contribution in [0.15, 0.2) is 41.6 Å². The Bertz CT molecular complexity index is 911. The van der Waals surface area contributed by atoms with Crippen LogP contribution in [0, 0.1) is 0 Å². The van der Waals surface area contributed by atoms with E-state index in [0.717, 1.165) is 25.9 Å². The second kappa shape index (κ2) is 7.41. The molecule has 3 heterocycles. The Balaban J connectivity index is 1.43. The van der Waals surface area contributed by atoms with E-state index in [1.54, 1.807) is 17.1 Å². The fraction of sp³-hybridized carbons (Fsp3) is 0.444. The summed E-state index contributed by atoms with van der Waals surface area (Å²) in [7, 11) is -3.47. The van der Waals surface area contributed by atoms with E-state index in [4.69, 9.17) is 4.74 Å². The summed E-state index contributed by atoms with van der Waals surface area (Å²) in [6.45, 7) is 2.46. The summed E-state index contributed by atoms with van der Waals surface area (Å²) in [5.74, 6) is -0.303. The van der Waals surface area contributed by atoms with Gasteiger partial charge in [0.25, 0.3) is 5.91 Å². The molecule has 2 aromatic rings. The first-order valence-corrected chi connectivity index (χ1v) is 10.5. The third-order valence-corrected chi connectivity index (χ3v) is 6.87. The Labute approximate surface area is 158 Å². The van der Waals surface area contributed by atoms with Crippen LogP contribution in [0.4, 0.5) is 5.69 Å². The number of sulfonamides is 1. The number of hydrogen-bond acceptors (Lipinski definition) is 5. The normalized spacial score (nSPS) is 20.8. The topological polar surface area (TPSA) is 93.5 Å². The standard InChI is InChI=1S/C18H22N4O4S/c23-18(20-15-11-19-22(12-15)16-7-10-26-13-16)14-3-5-17(6-4-14)27(24,25)21-8-1-2-9-21/h3-6,11-12,16H,1-2,7-10,13H2,(H,20,23)/t16-/m0/s1. The van der Waals surface area contributed by atoms with Crippen molar-refractivity contribution in [2.45, 2.75) is 30.2 Å². The van der Waals surface area contributed by atoms with Crippen molar-refractivity contribution in [3.63, 3.8) is 0 Å². The molecule has 144 valence electrons. The van der Waals surface area contributed by atoms with Crippen molar-refractivity contribution >= 4 is 21.6 Å². The lowest BCUT2D eigenvalue weighted by atomic mass is 10.2. The van der Waals surface area contributed by atoms with E-state index >= 15 is 0 Å². The molecular formula is C18H22N4O4S. The number of amides is 1. The molecule has 1 atom stereocenters. The monoisotopic (exact) mass is 390 g/mol. The maximum Gasteiger partial charge on any atom is 0.255 e. The highest BCUT2D eigenvalue weighted by Crippen LogP contribution is 2.22. The Morgan fingerprint density at radius 2 is 1.93 bits per heavy atom. The van der Waals surface area contributed by atoms with E-state index in [1.165, 1.54) is 28.6 Å². The number of hydrogen-bond donors (Lipinski definition) is 1. The Morgan fingerprint density at radius 3 is 2.59 bits per heavy atom. The summed E-state index contributed by atoms with van der Waals surface area (Å²) >= 11 is 0. The van der Waals surface area contributed by atoms with Gasteiger partial charge < -0.3 is 10.1 Å². The number of nitrogens with one attached hydrogen (secondary N) is 1. The predicted octanol–water partition coefficient (Wildman–Crippen LogP) is 1.88. The minimum atomic E-state index is -3.47. The second-order valence-electron chi connectivity index (χ2n) is 6.82. The number of rotatable bonds is 5. The van der Waals surface area contributed by atoms with Gasteiger partial charge in [-0.05, 0) is 43.5 Å². The number of ether oxygens (including phenoxy) is 1. The molecule has 9 heteroatoms. The van der Waals surface area contributed by atoms with Crippen LogP contribution in [0.25, 0.3) is 0 Å². The van der Waals surface area contributed by atoms with Crippen molar-refractivity contribution in [3.05, 3.63) is 42.2 Å². The van der Waals surface area contributed by atoms with Crippen LogP contribution in [-0.4, -0.2) is 54.7 Å². The molecule has 1 aromatic heterocycles. The van der Waals surface area contributed by atoms with Crippen molar-refractivity contribution in [3.8, 4) is 0 Å². The summed E-state index contributed by atoms with van der Waals surface area (Å²) < 4.78 is 33.7. The molecule has 2 aliphatic heterocycles. The average molecular weight is 390 g/mol. The number of benzene rings is 1. The van der Waals surface area contributed by atoms with Crippen molar-refractivity contribution in [2.75, 3.05) is 31.6 Å². The van der Waals surface area contributed by atoms with Gasteiger partial charge in [-0.3, -0.25) is 9.48 Å². The summed E-state index contributed by atoms with van der Waals surface area (Å²) in [5, 5.41) is 7.06. The maximum atomic E-state index is 12.5. The van der Waals surface area contributed by atoms with Gasteiger partial charge >= 0.3 is 0 Å². The van der Waals surface area contributed by atoms with Gasteiger partial charge in [0.1, 0.15) is 0 Å². The highest BCUT2D eigenvalue weighted by atomic mass is 32.2. The lowest BCUT2D eigenvalue weighted by Gasteiger charge is -2.15. The first-order chi connectivity index (χ1) is 13.0. The lowest BCUT2D eigenvalue weighted by Crippen LogP contribution is -2.27. The molecule has 2 saturated heterocycles. The van der Waals surface area contributed by atoms with Crippen LogP contribution >= 0.6 is 0 Å². The zero-order valence-electron chi connectivity index (χ0n) is 14.9. The molecule has 2 fully saturated rings. The summed E-state index contributed by atoms with van der Waals surface area (Å²) in [4.78, 5) is 12.6. The highest BCUT2D eigenvalue weighted by Gasteiger charge is 2.27. The quantitative estimate of drug-likeness (QED) is 0.841. The highest BCUT2D eigenvalue weighted by molar-refractivity contribution is 7.89. The zero-order valence-corrected chi connectivity index (χ0v) is 15.7. The molecule has 0 spiro atoms. The molecule has 1 N–H and O–H groups in total. The van der Waals surface area contributed by atoms with Gasteiger partial charge in [-0.15, -0.1) is 0 Å². The first-order valence-electron chi connectivity index (χ1n) is 9.07. The molecule has 2 aliphatic rings. The third kappa shape index (κ3) is 3.76. The minimum absolute atomic E-state index is 0.200. The number of carbonyl (C=O) groups excluding carboxylic acids is 1. The number of aromatic nitrogens is 2. The van der Waals surface area contributed by atoms with Gasteiger partial charge in [-0.25, -0.2) is 8.42 Å². The van der Waals surface area contributed by atoms with E-state index in [1.807, 2.05) is 0 Å². The molecule has 1 aromatic carbocycles. The third-order valence-electron chi connectivity index (χ3n) is 4.96. The van der Waals surface area contributed by atoms with Gasteiger partial charge in [0.05, 0.1) is 29.4 Å². The van der Waals surface area contributed by atoms with E-state index < -0.39 is 10.0 Å². The number of carbonyl (C=O) groups is 1. The molecule has 1 amide bonds. The van der Waals surface area contributed by atoms with Crippen LogP contribution in [-0.2, 0) is 14.8 Å². The molecule has 0 unspecified atom stereocenters. The Hall–Kier alpha value is -2.23. The molecule has 0 bridgehead atoms. The summed E-state index contributed by atoms with van der Waals surface area (Å²) in [6, 6.07) is 6.25. The van der Waals surface area contributed by atoms with E-state index in [-0.39, 0.29) is 16.8 Å². The average Bonchev–Trinajstić information content (AvgIpc) is 3.42. The lowest BCUT2D eigenvalue weighted by molar-refractivity contribution is 0.102. The molecule has 0 saturated carbocycles. The molecule has 4 rings (SSSR count). The van der Waals surface area contributed by atoms with E-state index in [9.17, 15) is 13.2 Å². The van der Waals surface area contributed by atoms with Crippen LogP contribution in [0.5, 0.6) is 0 Å². The molecule has 0 aliphatic carbocycles. The smallest absolute Gasteiger partial charge is 0.255 e. The van der Waals surface area contributed by atoms with Crippen molar-refractivity contribution in [1.29, 1.82) is 0 Å². The van der Waals surface area contributed by atoms with Crippen LogP contribution in [0.1, 0.15) is 35.7 Å². The molecule has 0 radical (unpaired) electrons. The SMILES string of the molecule is O=C(Nc1cnn([C@H]2CCOC2)c1)c1ccc(S(=O)(=O)N2CCCC2)cc1. The Morgan fingerprint density at radius 1 is 1.19 bits per heavy atom. The van der Waals surface area contributed by atoms with Crippen LogP contribution in [0.3, 0.4) is 0 Å². The van der Waals surface area contributed by atoms with E-state index in [2.05, 4.69) is 10.4 Å². The Kier molecular flexibility index (Phi) is 4.98. The molecule has 8 nitrogen and oxygen atoms in total. The van der Waals surface area contributed by atoms with Crippen LogP contribution in [0.2, 0.25) is 0 Å². The first kappa shape index (κ1) is 18.1. The van der Waals surface area contributed by atoms with Gasteiger partial charge in [0, 0.05) is 31.5 Å². The fourth-order valence-corrected chi connectivity index (χ4v) is 4.91. The van der Waals surface area contributed by atoms with Gasteiger partial charge in [0.2, 0.25) is 10.0 Å². The van der Waals surface area contributed by atoms with Gasteiger partial charge in [-0.1, -0.05) is 0 Å². The van der Waals surface area contributed by atoms with Gasteiger partial charge in [-0.2, -0.15) is 9.40 Å². The summed E-state index contributed by atoms with van der Waals surface area (Å²) in [6.07, 6.45) is 6.06. The largest absolute Gasteiger partial charge is 0.379 e. The van der Waals surface area contributed by atoms with Crippen molar-refractivity contribution < 1.29 is 17.9 Å². The maximum absolute atomic E-state index is 12.5. The molecule has 27 heavy (non-hydrogen) atoms. The van der Waals surface area contributed by atoms with Crippen molar-refractivity contribution in [2.24, 2.45) is 0 Å². The number of anilines is 1. The fourth-order valence-electron chi connectivity index (χ4n) is 3.39. The van der Waals surface area contributed by atoms with E-state index in [0.29, 0.717) is 30.9 Å². The summed E-state index contributed by atoms with van der Waals surface area (Å²) in [5.41, 5.74) is 0.994. The minimum Gasteiger partial charge on any atom is -0.379 e. The van der Waals surface area contributed by atoms with Crippen molar-refractivity contribution in [1.82, 2.24) is 14.1 Å². The molecular weight excluding hydrogens is 368 g/mol. The van der Waals surface area contributed by atoms with Crippen LogP contribution < -0.4 is 5.32 Å².